The van der Waals surface area contributed by atoms with Crippen molar-refractivity contribution in [1.29, 1.82) is 0 Å². The van der Waals surface area contributed by atoms with Gasteiger partial charge in [0, 0.05) is 0 Å². The molecule has 2 atom stereocenters. The van der Waals surface area contributed by atoms with Gasteiger partial charge in [0.25, 0.3) is 0 Å². The van der Waals surface area contributed by atoms with Crippen molar-refractivity contribution in [2.75, 3.05) is 0 Å². The number of ether oxygens (including phenoxy) is 1. The molecule has 2 aliphatic heterocycles. The van der Waals surface area contributed by atoms with Gasteiger partial charge in [-0.05, 0) is 38.0 Å². The Kier molecular flexibility index (Phi) is 4.07. The lowest BCUT2D eigenvalue weighted by Gasteiger charge is -2.18. The minimum atomic E-state index is 0.661. The maximum Gasteiger partial charge on any atom is 0.0579 e. The maximum absolute atomic E-state index is 5.60. The number of hydrogen-bond donors (Lipinski definition) is 0. The molecule has 1 heteroatoms. The fourth-order valence-electron chi connectivity index (χ4n) is 1.78. The van der Waals surface area contributed by atoms with Gasteiger partial charge in [-0.25, -0.2) is 0 Å². The second kappa shape index (κ2) is 4.86. The SMILES string of the molecule is C1CC2CCC(C1)O2.CC(C)C. The van der Waals surface area contributed by atoms with Gasteiger partial charge in [-0.2, -0.15) is 0 Å². The fourth-order valence-corrected chi connectivity index (χ4v) is 1.78. The van der Waals surface area contributed by atoms with Crippen molar-refractivity contribution < 1.29 is 4.74 Å². The van der Waals surface area contributed by atoms with Crippen LogP contribution in [0.5, 0.6) is 0 Å². The molecule has 0 aromatic heterocycles. The van der Waals surface area contributed by atoms with E-state index in [-0.39, 0.29) is 0 Å². The molecule has 0 aromatic rings. The van der Waals surface area contributed by atoms with Gasteiger partial charge in [0.1, 0.15) is 0 Å². The van der Waals surface area contributed by atoms with Gasteiger partial charge in [0.2, 0.25) is 0 Å². The van der Waals surface area contributed by atoms with Crippen molar-refractivity contribution in [2.45, 2.75) is 65.1 Å². The predicted octanol–water partition coefficient (Wildman–Crippen LogP) is 3.38. The van der Waals surface area contributed by atoms with Crippen LogP contribution >= 0.6 is 0 Å². The molecule has 1 nitrogen and oxygen atoms in total. The van der Waals surface area contributed by atoms with Crippen LogP contribution in [0.4, 0.5) is 0 Å². The predicted molar refractivity (Wildman–Crippen MR) is 52.3 cm³/mol. The zero-order valence-electron chi connectivity index (χ0n) is 8.68. The topological polar surface area (TPSA) is 9.23 Å². The molecular formula is C11H22O. The van der Waals surface area contributed by atoms with Gasteiger partial charge in [0.05, 0.1) is 12.2 Å². The Morgan fingerprint density at radius 1 is 0.917 bits per heavy atom. The minimum Gasteiger partial charge on any atom is -0.375 e. The van der Waals surface area contributed by atoms with E-state index >= 15 is 0 Å². The molecule has 2 aliphatic rings. The molecule has 0 spiro atoms. The molecule has 2 fully saturated rings. The van der Waals surface area contributed by atoms with E-state index in [1.807, 2.05) is 0 Å². The summed E-state index contributed by atoms with van der Waals surface area (Å²) in [4.78, 5) is 0. The normalized spacial score (nSPS) is 33.0. The summed E-state index contributed by atoms with van der Waals surface area (Å²) in [6.45, 7) is 6.50. The van der Waals surface area contributed by atoms with Gasteiger partial charge < -0.3 is 4.74 Å². The van der Waals surface area contributed by atoms with E-state index in [0.717, 1.165) is 5.92 Å². The molecule has 0 aromatic carbocycles. The third-order valence-electron chi connectivity index (χ3n) is 2.25. The zero-order chi connectivity index (χ0) is 8.97. The average Bonchev–Trinajstić information content (AvgIpc) is 2.30. The molecular weight excluding hydrogens is 148 g/mol. The third kappa shape index (κ3) is 3.57. The Morgan fingerprint density at radius 3 is 1.67 bits per heavy atom. The Hall–Kier alpha value is -0.0400. The first-order valence-corrected chi connectivity index (χ1v) is 5.34. The highest BCUT2D eigenvalue weighted by atomic mass is 16.5. The molecule has 2 heterocycles. The van der Waals surface area contributed by atoms with E-state index in [1.165, 1.54) is 32.1 Å². The second-order valence-corrected chi connectivity index (χ2v) is 4.62. The summed E-state index contributed by atoms with van der Waals surface area (Å²) >= 11 is 0. The van der Waals surface area contributed by atoms with Gasteiger partial charge in [-0.15, -0.1) is 0 Å². The Bertz CT molecular complexity index is 103. The summed E-state index contributed by atoms with van der Waals surface area (Å²) in [5, 5.41) is 0. The lowest BCUT2D eigenvalue weighted by molar-refractivity contribution is 0.00575. The first kappa shape index (κ1) is 10.0. The van der Waals surface area contributed by atoms with Gasteiger partial charge in [-0.1, -0.05) is 20.8 Å². The number of hydrogen-bond acceptors (Lipinski definition) is 1. The summed E-state index contributed by atoms with van der Waals surface area (Å²) in [5.74, 6) is 0.833. The lowest BCUT2D eigenvalue weighted by atomic mass is 10.1. The maximum atomic E-state index is 5.60. The van der Waals surface area contributed by atoms with Crippen LogP contribution in [0.25, 0.3) is 0 Å². The number of fused-ring (bicyclic) bond motifs is 2. The van der Waals surface area contributed by atoms with Gasteiger partial charge in [0.15, 0.2) is 0 Å². The van der Waals surface area contributed by atoms with E-state index < -0.39 is 0 Å². The van der Waals surface area contributed by atoms with Crippen LogP contribution in [0.1, 0.15) is 52.9 Å². The van der Waals surface area contributed by atoms with Crippen molar-refractivity contribution in [3.8, 4) is 0 Å². The van der Waals surface area contributed by atoms with E-state index in [0.29, 0.717) is 12.2 Å². The van der Waals surface area contributed by atoms with Gasteiger partial charge in [-0.3, -0.25) is 0 Å². The Labute approximate surface area is 76.5 Å². The van der Waals surface area contributed by atoms with Crippen LogP contribution in [-0.4, -0.2) is 12.2 Å². The van der Waals surface area contributed by atoms with Crippen LogP contribution in [0.15, 0.2) is 0 Å². The molecule has 2 saturated heterocycles. The van der Waals surface area contributed by atoms with Crippen molar-refractivity contribution in [1.82, 2.24) is 0 Å². The molecule has 12 heavy (non-hydrogen) atoms. The molecule has 0 amide bonds. The van der Waals surface area contributed by atoms with Crippen LogP contribution in [0, 0.1) is 5.92 Å². The van der Waals surface area contributed by atoms with Crippen LogP contribution in [0.3, 0.4) is 0 Å². The highest BCUT2D eigenvalue weighted by Crippen LogP contribution is 2.31. The zero-order valence-corrected chi connectivity index (χ0v) is 8.68. The molecule has 72 valence electrons. The second-order valence-electron chi connectivity index (χ2n) is 4.62. The highest BCUT2D eigenvalue weighted by Gasteiger charge is 2.28. The average molecular weight is 170 g/mol. The van der Waals surface area contributed by atoms with E-state index in [1.54, 1.807) is 0 Å². The molecule has 0 N–H and O–H groups in total. The molecule has 2 bridgehead atoms. The number of rotatable bonds is 0. The largest absolute Gasteiger partial charge is 0.375 e. The summed E-state index contributed by atoms with van der Waals surface area (Å²) in [5.41, 5.74) is 0. The van der Waals surface area contributed by atoms with Crippen LogP contribution < -0.4 is 0 Å². The smallest absolute Gasteiger partial charge is 0.0579 e. The summed E-state index contributed by atoms with van der Waals surface area (Å²) in [6, 6.07) is 0. The first-order chi connectivity index (χ1) is 5.68. The Morgan fingerprint density at radius 2 is 1.33 bits per heavy atom. The lowest BCUT2D eigenvalue weighted by Crippen LogP contribution is -2.16. The monoisotopic (exact) mass is 170 g/mol. The van der Waals surface area contributed by atoms with E-state index in [2.05, 4.69) is 20.8 Å². The van der Waals surface area contributed by atoms with Crippen LogP contribution in [-0.2, 0) is 4.74 Å². The summed E-state index contributed by atoms with van der Waals surface area (Å²) in [7, 11) is 0. The first-order valence-electron chi connectivity index (χ1n) is 5.34. The van der Waals surface area contributed by atoms with Gasteiger partial charge >= 0.3 is 0 Å². The molecule has 2 rings (SSSR count). The minimum absolute atomic E-state index is 0.661. The van der Waals surface area contributed by atoms with E-state index in [9.17, 15) is 0 Å². The standard InChI is InChI=1S/C7H12O.C4H10/c1-2-6-4-5-7(3-1)8-6;1-4(2)3/h6-7H,1-5H2;4H,1-3H3. The van der Waals surface area contributed by atoms with Crippen molar-refractivity contribution in [3.05, 3.63) is 0 Å². The molecule has 0 radical (unpaired) electrons. The Balaban J connectivity index is 0.000000157. The summed E-state index contributed by atoms with van der Waals surface area (Å²) < 4.78 is 5.60. The van der Waals surface area contributed by atoms with Crippen molar-refractivity contribution in [2.24, 2.45) is 5.92 Å². The van der Waals surface area contributed by atoms with E-state index in [4.69, 9.17) is 4.74 Å². The van der Waals surface area contributed by atoms with Crippen LogP contribution in [0.2, 0.25) is 0 Å². The van der Waals surface area contributed by atoms with Crippen molar-refractivity contribution in [3.63, 3.8) is 0 Å². The summed E-state index contributed by atoms with van der Waals surface area (Å²) in [6.07, 6.45) is 8.07. The highest BCUT2D eigenvalue weighted by molar-refractivity contribution is 4.78. The molecule has 0 aliphatic carbocycles. The van der Waals surface area contributed by atoms with Crippen molar-refractivity contribution >= 4 is 0 Å². The quantitative estimate of drug-likeness (QED) is 0.541. The molecule has 2 unspecified atom stereocenters. The third-order valence-corrected chi connectivity index (χ3v) is 2.25. The molecule has 0 saturated carbocycles. The fraction of sp³-hybridized carbons (Fsp3) is 1.00.